The first-order chi connectivity index (χ1) is 9.37. The van der Waals surface area contributed by atoms with Crippen molar-refractivity contribution >= 4 is 0 Å². The molecule has 2 aliphatic carbocycles. The number of allylic oxidation sites excluding steroid dienone is 2. The van der Waals surface area contributed by atoms with Gasteiger partial charge in [-0.15, -0.1) is 0 Å². The van der Waals surface area contributed by atoms with Gasteiger partial charge in [0.2, 0.25) is 0 Å². The molecule has 4 nitrogen and oxygen atoms in total. The first-order valence-electron chi connectivity index (χ1n) is 7.15. The Morgan fingerprint density at radius 1 is 0.900 bits per heavy atom. The number of aliphatic hydroxyl groups is 2. The molecule has 0 aromatic heterocycles. The minimum atomic E-state index is -1.38. The molecule has 0 aromatic rings. The standard InChI is InChI=1S/C16H24N2O2/c1-3-11-9-13(17)5-7-15(11,19)16(20)8-6-14(18)10-12(16)4-2/h5-12,19-20H,3-4,17-18H2,1-2H3. The monoisotopic (exact) mass is 276 g/mol. The lowest BCUT2D eigenvalue weighted by molar-refractivity contribution is -0.138. The van der Waals surface area contributed by atoms with Gasteiger partial charge in [0.15, 0.2) is 0 Å². The molecule has 0 spiro atoms. The molecule has 6 N–H and O–H groups in total. The maximum atomic E-state index is 11.2. The van der Waals surface area contributed by atoms with E-state index in [1.807, 2.05) is 26.0 Å². The smallest absolute Gasteiger partial charge is 0.122 e. The highest BCUT2D eigenvalue weighted by Gasteiger charge is 2.54. The van der Waals surface area contributed by atoms with Crippen LogP contribution in [0.4, 0.5) is 0 Å². The van der Waals surface area contributed by atoms with Gasteiger partial charge in [0.05, 0.1) is 0 Å². The minimum Gasteiger partial charge on any atom is -0.399 e. The molecule has 0 heterocycles. The van der Waals surface area contributed by atoms with Gasteiger partial charge in [0, 0.05) is 23.2 Å². The lowest BCUT2D eigenvalue weighted by atomic mass is 9.63. The number of rotatable bonds is 3. The van der Waals surface area contributed by atoms with Crippen LogP contribution in [-0.2, 0) is 0 Å². The fraction of sp³-hybridized carbons (Fsp3) is 0.500. The van der Waals surface area contributed by atoms with Crippen LogP contribution in [0.25, 0.3) is 0 Å². The van der Waals surface area contributed by atoms with Crippen LogP contribution in [0.5, 0.6) is 0 Å². The molecule has 0 aromatic carbocycles. The van der Waals surface area contributed by atoms with Crippen LogP contribution in [-0.4, -0.2) is 21.4 Å². The summed E-state index contributed by atoms with van der Waals surface area (Å²) in [4.78, 5) is 0. The maximum absolute atomic E-state index is 11.2. The SMILES string of the molecule is CCC1C=C(N)C=CC1(O)C1(O)C=CC(N)=CC1CC. The van der Waals surface area contributed by atoms with E-state index in [4.69, 9.17) is 11.5 Å². The quantitative estimate of drug-likeness (QED) is 0.625. The van der Waals surface area contributed by atoms with Gasteiger partial charge in [0.1, 0.15) is 11.2 Å². The van der Waals surface area contributed by atoms with Crippen molar-refractivity contribution in [1.82, 2.24) is 0 Å². The normalized spacial score (nSPS) is 40.4. The van der Waals surface area contributed by atoms with E-state index < -0.39 is 11.2 Å². The topological polar surface area (TPSA) is 92.5 Å². The molecule has 4 atom stereocenters. The van der Waals surface area contributed by atoms with Crippen molar-refractivity contribution in [2.75, 3.05) is 0 Å². The summed E-state index contributed by atoms with van der Waals surface area (Å²) in [6.07, 6.45) is 11.6. The largest absolute Gasteiger partial charge is 0.399 e. The van der Waals surface area contributed by atoms with E-state index in [9.17, 15) is 10.2 Å². The molecule has 20 heavy (non-hydrogen) atoms. The average molecular weight is 276 g/mol. The highest BCUT2D eigenvalue weighted by Crippen LogP contribution is 2.45. The van der Waals surface area contributed by atoms with E-state index in [0.29, 0.717) is 24.2 Å². The summed E-state index contributed by atoms with van der Waals surface area (Å²) in [5.41, 5.74) is 10.1. The second-order valence-corrected chi connectivity index (χ2v) is 5.68. The lowest BCUT2D eigenvalue weighted by Crippen LogP contribution is -2.61. The summed E-state index contributed by atoms with van der Waals surface area (Å²) < 4.78 is 0. The Bertz CT molecular complexity index is 461. The molecule has 110 valence electrons. The van der Waals surface area contributed by atoms with Crippen LogP contribution in [0.3, 0.4) is 0 Å². The Labute approximate surface area is 120 Å². The molecule has 2 rings (SSSR count). The predicted octanol–water partition coefficient (Wildman–Crippen LogP) is 1.33. The Morgan fingerprint density at radius 3 is 1.55 bits per heavy atom. The molecule has 0 bridgehead atoms. The van der Waals surface area contributed by atoms with Crippen molar-refractivity contribution < 1.29 is 10.2 Å². The third kappa shape index (κ3) is 2.09. The summed E-state index contributed by atoms with van der Waals surface area (Å²) in [5.74, 6) is -0.465. The van der Waals surface area contributed by atoms with E-state index in [1.165, 1.54) is 0 Å². The maximum Gasteiger partial charge on any atom is 0.122 e. The van der Waals surface area contributed by atoms with Crippen LogP contribution in [0.15, 0.2) is 47.9 Å². The van der Waals surface area contributed by atoms with Gasteiger partial charge in [-0.3, -0.25) is 0 Å². The van der Waals surface area contributed by atoms with Gasteiger partial charge < -0.3 is 21.7 Å². The zero-order chi connectivity index (χ0) is 15.0. The minimum absolute atomic E-state index is 0.232. The first-order valence-corrected chi connectivity index (χ1v) is 7.15. The molecule has 0 aliphatic heterocycles. The molecule has 4 unspecified atom stereocenters. The zero-order valence-corrected chi connectivity index (χ0v) is 12.1. The summed E-state index contributed by atoms with van der Waals surface area (Å²) in [6, 6.07) is 0. The average Bonchev–Trinajstić information content (AvgIpc) is 2.44. The van der Waals surface area contributed by atoms with Crippen molar-refractivity contribution in [2.24, 2.45) is 23.3 Å². The fourth-order valence-electron chi connectivity index (χ4n) is 3.24. The van der Waals surface area contributed by atoms with Gasteiger partial charge in [0.25, 0.3) is 0 Å². The van der Waals surface area contributed by atoms with Crippen molar-refractivity contribution in [1.29, 1.82) is 0 Å². The van der Waals surface area contributed by atoms with Crippen molar-refractivity contribution in [2.45, 2.75) is 37.9 Å². The van der Waals surface area contributed by atoms with Gasteiger partial charge >= 0.3 is 0 Å². The predicted molar refractivity (Wildman–Crippen MR) is 80.3 cm³/mol. The van der Waals surface area contributed by atoms with Crippen molar-refractivity contribution in [3.05, 3.63) is 47.9 Å². The van der Waals surface area contributed by atoms with Gasteiger partial charge in [-0.1, -0.05) is 26.0 Å². The fourth-order valence-corrected chi connectivity index (χ4v) is 3.24. The molecular weight excluding hydrogens is 252 g/mol. The number of hydrogen-bond donors (Lipinski definition) is 4. The summed E-state index contributed by atoms with van der Waals surface area (Å²) >= 11 is 0. The van der Waals surface area contributed by atoms with Crippen LogP contribution in [0.2, 0.25) is 0 Å². The van der Waals surface area contributed by atoms with Gasteiger partial charge in [-0.2, -0.15) is 0 Å². The van der Waals surface area contributed by atoms with Gasteiger partial charge in [-0.05, 0) is 37.1 Å². The van der Waals surface area contributed by atoms with E-state index in [0.717, 1.165) is 0 Å². The summed E-state index contributed by atoms with van der Waals surface area (Å²) in [7, 11) is 0. The third-order valence-corrected chi connectivity index (χ3v) is 4.50. The van der Waals surface area contributed by atoms with E-state index in [1.54, 1.807) is 24.3 Å². The molecule has 0 amide bonds. The van der Waals surface area contributed by atoms with E-state index >= 15 is 0 Å². The molecule has 0 saturated heterocycles. The molecule has 0 fully saturated rings. The van der Waals surface area contributed by atoms with Crippen LogP contribution >= 0.6 is 0 Å². The first kappa shape index (κ1) is 14.9. The molecular formula is C16H24N2O2. The van der Waals surface area contributed by atoms with E-state index in [-0.39, 0.29) is 11.8 Å². The highest BCUT2D eigenvalue weighted by atomic mass is 16.4. The van der Waals surface area contributed by atoms with Crippen LogP contribution in [0.1, 0.15) is 26.7 Å². The molecule has 0 radical (unpaired) electrons. The number of hydrogen-bond acceptors (Lipinski definition) is 4. The molecule has 2 aliphatic rings. The lowest BCUT2D eigenvalue weighted by Gasteiger charge is -2.49. The zero-order valence-electron chi connectivity index (χ0n) is 12.1. The van der Waals surface area contributed by atoms with Crippen LogP contribution in [0, 0.1) is 11.8 Å². The second-order valence-electron chi connectivity index (χ2n) is 5.68. The Morgan fingerprint density at radius 2 is 1.25 bits per heavy atom. The second kappa shape index (κ2) is 5.11. The van der Waals surface area contributed by atoms with Crippen molar-refractivity contribution in [3.8, 4) is 0 Å². The third-order valence-electron chi connectivity index (χ3n) is 4.50. The highest BCUT2D eigenvalue weighted by molar-refractivity contribution is 5.39. The van der Waals surface area contributed by atoms with Crippen LogP contribution < -0.4 is 11.5 Å². The Hall–Kier alpha value is -1.52. The number of nitrogens with two attached hydrogens (primary N) is 2. The van der Waals surface area contributed by atoms with E-state index in [2.05, 4.69) is 0 Å². The summed E-state index contributed by atoms with van der Waals surface area (Å²) in [6.45, 7) is 3.94. The van der Waals surface area contributed by atoms with Gasteiger partial charge in [-0.25, -0.2) is 0 Å². The summed E-state index contributed by atoms with van der Waals surface area (Å²) in [5, 5.41) is 22.3. The molecule has 4 heteroatoms. The Balaban J connectivity index is 2.47. The van der Waals surface area contributed by atoms with Crippen molar-refractivity contribution in [3.63, 3.8) is 0 Å². The molecule has 0 saturated carbocycles. The Kier molecular flexibility index (Phi) is 3.80.